The summed E-state index contributed by atoms with van der Waals surface area (Å²) in [7, 11) is 2.11. The number of para-hydroxylation sites is 1. The summed E-state index contributed by atoms with van der Waals surface area (Å²) in [6.45, 7) is 8.73. The molecule has 0 saturated carbocycles. The van der Waals surface area contributed by atoms with Gasteiger partial charge < -0.3 is 15.5 Å². The van der Waals surface area contributed by atoms with E-state index in [0.717, 1.165) is 42.7 Å². The van der Waals surface area contributed by atoms with Crippen LogP contribution in [-0.4, -0.2) is 43.7 Å². The Labute approximate surface area is 155 Å². The number of aliphatic imine (C=N–C) groups is 1. The Balaban J connectivity index is 1.85. The highest BCUT2D eigenvalue weighted by molar-refractivity contribution is 7.09. The Morgan fingerprint density at radius 3 is 2.68 bits per heavy atom. The van der Waals surface area contributed by atoms with Crippen molar-refractivity contribution in [1.29, 1.82) is 0 Å². The summed E-state index contributed by atoms with van der Waals surface area (Å²) in [5.41, 5.74) is 2.35. The number of aryl methyl sites for hydroxylation is 1. The van der Waals surface area contributed by atoms with Crippen LogP contribution in [0.15, 0.2) is 40.7 Å². The van der Waals surface area contributed by atoms with Crippen molar-refractivity contribution in [3.8, 4) is 0 Å². The van der Waals surface area contributed by atoms with Crippen LogP contribution in [0.3, 0.4) is 0 Å². The molecule has 136 valence electrons. The highest BCUT2D eigenvalue weighted by Crippen LogP contribution is 2.14. The first-order valence-corrected chi connectivity index (χ1v) is 9.69. The van der Waals surface area contributed by atoms with Crippen molar-refractivity contribution in [2.45, 2.75) is 33.2 Å². The number of anilines is 1. The van der Waals surface area contributed by atoms with E-state index in [1.165, 1.54) is 5.69 Å². The van der Waals surface area contributed by atoms with Crippen LogP contribution in [-0.2, 0) is 6.42 Å². The van der Waals surface area contributed by atoms with Crippen LogP contribution in [0.2, 0.25) is 0 Å². The van der Waals surface area contributed by atoms with E-state index in [1.54, 1.807) is 11.3 Å². The maximum atomic E-state index is 4.73. The minimum Gasteiger partial charge on any atom is -0.370 e. The molecule has 6 heteroatoms. The zero-order valence-electron chi connectivity index (χ0n) is 15.6. The minimum atomic E-state index is 0.319. The lowest BCUT2D eigenvalue weighted by Crippen LogP contribution is -2.40. The van der Waals surface area contributed by atoms with E-state index >= 15 is 0 Å². The quantitative estimate of drug-likeness (QED) is 0.562. The van der Waals surface area contributed by atoms with Gasteiger partial charge in [-0.3, -0.25) is 4.99 Å². The van der Waals surface area contributed by atoms with Gasteiger partial charge in [0.05, 0.1) is 17.2 Å². The van der Waals surface area contributed by atoms with Crippen LogP contribution < -0.4 is 15.5 Å². The molecule has 0 aliphatic heterocycles. The van der Waals surface area contributed by atoms with Gasteiger partial charge in [-0.1, -0.05) is 18.2 Å². The molecule has 1 heterocycles. The van der Waals surface area contributed by atoms with Gasteiger partial charge in [0.1, 0.15) is 0 Å². The third kappa shape index (κ3) is 6.38. The number of rotatable bonds is 8. The largest absolute Gasteiger partial charge is 0.370 e. The number of nitrogens with one attached hydrogen (secondary N) is 2. The predicted octanol–water partition coefficient (Wildman–Crippen LogP) is 3.07. The molecule has 0 saturated heterocycles. The molecular weight excluding hydrogens is 330 g/mol. The fourth-order valence-electron chi connectivity index (χ4n) is 2.44. The third-order valence-electron chi connectivity index (χ3n) is 4.02. The van der Waals surface area contributed by atoms with Crippen LogP contribution in [0.1, 0.15) is 24.5 Å². The number of nitrogens with zero attached hydrogens (tertiary/aromatic N) is 3. The van der Waals surface area contributed by atoms with Crippen molar-refractivity contribution < 1.29 is 0 Å². The van der Waals surface area contributed by atoms with Crippen molar-refractivity contribution >= 4 is 23.0 Å². The Morgan fingerprint density at radius 1 is 1.28 bits per heavy atom. The maximum absolute atomic E-state index is 4.73. The number of aromatic nitrogens is 1. The average molecular weight is 360 g/mol. The number of benzene rings is 1. The molecule has 5 nitrogen and oxygen atoms in total. The van der Waals surface area contributed by atoms with E-state index in [1.807, 2.05) is 13.0 Å². The summed E-state index contributed by atoms with van der Waals surface area (Å²) in [5, 5.41) is 9.95. The molecule has 1 atom stereocenters. The van der Waals surface area contributed by atoms with Gasteiger partial charge in [-0.15, -0.1) is 11.3 Å². The lowest BCUT2D eigenvalue weighted by atomic mass is 10.2. The Morgan fingerprint density at radius 2 is 2.04 bits per heavy atom. The molecular formula is C19H29N5S. The van der Waals surface area contributed by atoms with E-state index in [-0.39, 0.29) is 0 Å². The first kappa shape index (κ1) is 19.2. The van der Waals surface area contributed by atoms with E-state index in [4.69, 9.17) is 4.99 Å². The zero-order chi connectivity index (χ0) is 18.1. The van der Waals surface area contributed by atoms with Crippen molar-refractivity contribution in [1.82, 2.24) is 15.6 Å². The zero-order valence-corrected chi connectivity index (χ0v) is 16.4. The molecule has 1 unspecified atom stereocenters. The van der Waals surface area contributed by atoms with Gasteiger partial charge in [-0.2, -0.15) is 0 Å². The molecule has 2 rings (SSSR count). The Hall–Kier alpha value is -2.08. The van der Waals surface area contributed by atoms with Gasteiger partial charge in [0.15, 0.2) is 5.96 Å². The van der Waals surface area contributed by atoms with Crippen LogP contribution >= 0.6 is 11.3 Å². The van der Waals surface area contributed by atoms with Crippen molar-refractivity contribution in [3.63, 3.8) is 0 Å². The molecule has 1 aromatic carbocycles. The van der Waals surface area contributed by atoms with Gasteiger partial charge in [0.25, 0.3) is 0 Å². The third-order valence-corrected chi connectivity index (χ3v) is 4.84. The first-order valence-electron chi connectivity index (χ1n) is 8.81. The number of likely N-dealkylation sites (N-methyl/N-ethyl adjacent to an activating group) is 1. The second-order valence-electron chi connectivity index (χ2n) is 6.05. The summed E-state index contributed by atoms with van der Waals surface area (Å²) >= 11 is 1.70. The molecule has 0 amide bonds. The molecule has 25 heavy (non-hydrogen) atoms. The first-order chi connectivity index (χ1) is 12.1. The molecule has 0 bridgehead atoms. The molecule has 0 aliphatic carbocycles. The number of hydrogen-bond acceptors (Lipinski definition) is 4. The second-order valence-corrected chi connectivity index (χ2v) is 7.11. The smallest absolute Gasteiger partial charge is 0.191 e. The Kier molecular flexibility index (Phi) is 7.73. The SMILES string of the molecule is CCNC(=NCC(C)N(C)c1ccccc1)NCCc1csc(C)n1. The molecule has 2 aromatic rings. The second kappa shape index (κ2) is 10.0. The van der Waals surface area contributed by atoms with Crippen LogP contribution in [0.4, 0.5) is 5.69 Å². The van der Waals surface area contributed by atoms with Crippen molar-refractivity contribution in [2.75, 3.05) is 31.6 Å². The molecule has 0 spiro atoms. The van der Waals surface area contributed by atoms with E-state index in [2.05, 4.69) is 71.1 Å². The van der Waals surface area contributed by atoms with Gasteiger partial charge >= 0.3 is 0 Å². The lowest BCUT2D eigenvalue weighted by Gasteiger charge is -2.26. The monoisotopic (exact) mass is 359 g/mol. The van der Waals surface area contributed by atoms with Crippen molar-refractivity contribution in [2.24, 2.45) is 4.99 Å². The van der Waals surface area contributed by atoms with E-state index < -0.39 is 0 Å². The van der Waals surface area contributed by atoms with Crippen molar-refractivity contribution in [3.05, 3.63) is 46.4 Å². The number of thiazole rings is 1. The molecule has 2 N–H and O–H groups in total. The van der Waals surface area contributed by atoms with Gasteiger partial charge in [0.2, 0.25) is 0 Å². The molecule has 0 aliphatic rings. The molecule has 1 aromatic heterocycles. The minimum absolute atomic E-state index is 0.319. The summed E-state index contributed by atoms with van der Waals surface area (Å²) in [6.07, 6.45) is 0.911. The fraction of sp³-hybridized carbons (Fsp3) is 0.474. The average Bonchev–Trinajstić information content (AvgIpc) is 3.04. The van der Waals surface area contributed by atoms with E-state index in [0.29, 0.717) is 6.04 Å². The highest BCUT2D eigenvalue weighted by Gasteiger charge is 2.09. The molecule has 0 fully saturated rings. The standard InChI is InChI=1S/C19H29N5S/c1-5-20-19(21-12-11-17-14-25-16(3)23-17)22-13-15(2)24(4)18-9-7-6-8-10-18/h6-10,14-15H,5,11-13H2,1-4H3,(H2,20,21,22). The molecule has 0 radical (unpaired) electrons. The fourth-order valence-corrected chi connectivity index (χ4v) is 3.08. The summed E-state index contributed by atoms with van der Waals surface area (Å²) in [5.74, 6) is 0.864. The normalized spacial score (nSPS) is 12.7. The predicted molar refractivity (Wildman–Crippen MR) is 109 cm³/mol. The van der Waals surface area contributed by atoms with Crippen LogP contribution in [0, 0.1) is 6.92 Å². The van der Waals surface area contributed by atoms with Crippen LogP contribution in [0.5, 0.6) is 0 Å². The van der Waals surface area contributed by atoms with Gasteiger partial charge in [-0.05, 0) is 32.9 Å². The highest BCUT2D eigenvalue weighted by atomic mass is 32.1. The van der Waals surface area contributed by atoms with E-state index in [9.17, 15) is 0 Å². The number of hydrogen-bond donors (Lipinski definition) is 2. The maximum Gasteiger partial charge on any atom is 0.191 e. The summed E-state index contributed by atoms with van der Waals surface area (Å²) in [4.78, 5) is 11.5. The van der Waals surface area contributed by atoms with Crippen LogP contribution in [0.25, 0.3) is 0 Å². The topological polar surface area (TPSA) is 52.6 Å². The van der Waals surface area contributed by atoms with Gasteiger partial charge in [0, 0.05) is 43.7 Å². The number of guanidine groups is 1. The summed E-state index contributed by atoms with van der Waals surface area (Å²) < 4.78 is 0. The Bertz CT molecular complexity index is 653. The van der Waals surface area contributed by atoms with Gasteiger partial charge in [-0.25, -0.2) is 4.98 Å². The lowest BCUT2D eigenvalue weighted by molar-refractivity contribution is 0.686. The summed E-state index contributed by atoms with van der Waals surface area (Å²) in [6, 6.07) is 10.7.